The number of ketones is 1. The van der Waals surface area contributed by atoms with Gasteiger partial charge in [0.25, 0.3) is 0 Å². The first kappa shape index (κ1) is 11.6. The Morgan fingerprint density at radius 1 is 1.38 bits per heavy atom. The maximum atomic E-state index is 11.4. The fourth-order valence-corrected chi connectivity index (χ4v) is 1.20. The number of carbonyl (C=O) groups is 2. The number of amides is 1. The van der Waals surface area contributed by atoms with Crippen molar-refractivity contribution in [2.45, 2.75) is 20.8 Å². The minimum Gasteiger partial charge on any atom is -0.366 e. The summed E-state index contributed by atoms with van der Waals surface area (Å²) in [7, 11) is 0. The standard InChI is InChI=1S/C10H15NO2/c1-5-7(9(11)13)10(3,4)8(12)6-2/h5-6H,2H2,1,3-4H3,(H2,11,13). The second-order valence-electron chi connectivity index (χ2n) is 3.26. The van der Waals surface area contributed by atoms with Crippen molar-refractivity contribution < 1.29 is 9.59 Å². The summed E-state index contributed by atoms with van der Waals surface area (Å²) in [5, 5.41) is 0. The van der Waals surface area contributed by atoms with Gasteiger partial charge in [0.2, 0.25) is 5.91 Å². The van der Waals surface area contributed by atoms with E-state index in [2.05, 4.69) is 6.58 Å². The largest absolute Gasteiger partial charge is 0.366 e. The van der Waals surface area contributed by atoms with Gasteiger partial charge in [0, 0.05) is 5.57 Å². The molecule has 3 heteroatoms. The van der Waals surface area contributed by atoms with Crippen LogP contribution in [0.25, 0.3) is 0 Å². The van der Waals surface area contributed by atoms with Gasteiger partial charge in [0.05, 0.1) is 5.41 Å². The topological polar surface area (TPSA) is 60.2 Å². The molecule has 0 aliphatic carbocycles. The third kappa shape index (κ3) is 2.28. The summed E-state index contributed by atoms with van der Waals surface area (Å²) in [5.41, 5.74) is 4.58. The van der Waals surface area contributed by atoms with Crippen LogP contribution in [-0.2, 0) is 9.59 Å². The van der Waals surface area contributed by atoms with Crippen LogP contribution in [0.1, 0.15) is 20.8 Å². The van der Waals surface area contributed by atoms with Gasteiger partial charge in [0.15, 0.2) is 5.78 Å². The molecular weight excluding hydrogens is 166 g/mol. The summed E-state index contributed by atoms with van der Waals surface area (Å²) in [5.74, 6) is -0.776. The van der Waals surface area contributed by atoms with Gasteiger partial charge in [-0.2, -0.15) is 0 Å². The van der Waals surface area contributed by atoms with Crippen molar-refractivity contribution in [1.82, 2.24) is 0 Å². The van der Waals surface area contributed by atoms with Crippen LogP contribution in [0.4, 0.5) is 0 Å². The van der Waals surface area contributed by atoms with Crippen LogP contribution in [0.3, 0.4) is 0 Å². The molecule has 0 saturated carbocycles. The molecule has 3 nitrogen and oxygen atoms in total. The summed E-state index contributed by atoms with van der Waals surface area (Å²) >= 11 is 0. The van der Waals surface area contributed by atoms with Crippen LogP contribution in [0.15, 0.2) is 24.3 Å². The third-order valence-electron chi connectivity index (χ3n) is 2.03. The summed E-state index contributed by atoms with van der Waals surface area (Å²) in [6, 6.07) is 0. The Labute approximate surface area is 78.3 Å². The van der Waals surface area contributed by atoms with Gasteiger partial charge in [0.1, 0.15) is 0 Å². The van der Waals surface area contributed by atoms with Gasteiger partial charge in [-0.15, -0.1) is 0 Å². The highest BCUT2D eigenvalue weighted by Crippen LogP contribution is 2.27. The van der Waals surface area contributed by atoms with Crippen LogP contribution < -0.4 is 5.73 Å². The van der Waals surface area contributed by atoms with Crippen LogP contribution in [0.5, 0.6) is 0 Å². The zero-order valence-corrected chi connectivity index (χ0v) is 8.26. The zero-order valence-electron chi connectivity index (χ0n) is 8.26. The van der Waals surface area contributed by atoms with Crippen LogP contribution in [0.2, 0.25) is 0 Å². The number of nitrogens with two attached hydrogens (primary N) is 1. The predicted octanol–water partition coefficient (Wildman–Crippen LogP) is 1.20. The van der Waals surface area contributed by atoms with Crippen molar-refractivity contribution in [1.29, 1.82) is 0 Å². The Hall–Kier alpha value is -1.38. The van der Waals surface area contributed by atoms with E-state index in [1.54, 1.807) is 26.8 Å². The predicted molar refractivity (Wildman–Crippen MR) is 51.9 cm³/mol. The molecule has 0 saturated heterocycles. The summed E-state index contributed by atoms with van der Waals surface area (Å²) < 4.78 is 0. The van der Waals surface area contributed by atoms with Crippen molar-refractivity contribution in [3.8, 4) is 0 Å². The molecule has 0 aliphatic rings. The molecule has 1 amide bonds. The lowest BCUT2D eigenvalue weighted by Gasteiger charge is -2.22. The lowest BCUT2D eigenvalue weighted by molar-refractivity contribution is -0.124. The quantitative estimate of drug-likeness (QED) is 0.662. The van der Waals surface area contributed by atoms with Gasteiger partial charge in [-0.3, -0.25) is 9.59 Å². The summed E-state index contributed by atoms with van der Waals surface area (Å²) in [6.07, 6.45) is 2.76. The lowest BCUT2D eigenvalue weighted by atomic mass is 9.79. The van der Waals surface area contributed by atoms with E-state index in [4.69, 9.17) is 5.73 Å². The molecule has 0 unspecified atom stereocenters. The van der Waals surface area contributed by atoms with E-state index in [0.717, 1.165) is 0 Å². The normalized spacial score (nSPS) is 12.4. The molecule has 0 rings (SSSR count). The molecule has 13 heavy (non-hydrogen) atoms. The molecule has 2 N–H and O–H groups in total. The Kier molecular flexibility index (Phi) is 3.60. The minimum absolute atomic E-state index is 0.209. The minimum atomic E-state index is -0.873. The van der Waals surface area contributed by atoms with E-state index in [1.807, 2.05) is 0 Å². The first-order chi connectivity index (χ1) is 5.87. The number of rotatable bonds is 4. The van der Waals surface area contributed by atoms with Crippen LogP contribution in [-0.4, -0.2) is 11.7 Å². The molecule has 0 spiro atoms. The van der Waals surface area contributed by atoms with Gasteiger partial charge in [-0.1, -0.05) is 12.7 Å². The number of hydrogen-bond donors (Lipinski definition) is 1. The number of allylic oxidation sites excluding steroid dienone is 2. The molecule has 0 aromatic rings. The van der Waals surface area contributed by atoms with Crippen molar-refractivity contribution in [3.05, 3.63) is 24.3 Å². The molecule has 0 atom stereocenters. The van der Waals surface area contributed by atoms with Gasteiger partial charge in [-0.05, 0) is 26.8 Å². The number of carbonyl (C=O) groups excluding carboxylic acids is 2. The Morgan fingerprint density at radius 3 is 2.08 bits per heavy atom. The van der Waals surface area contributed by atoms with E-state index in [-0.39, 0.29) is 5.78 Å². The highest BCUT2D eigenvalue weighted by molar-refractivity contribution is 6.05. The van der Waals surface area contributed by atoms with Gasteiger partial charge in [-0.25, -0.2) is 0 Å². The van der Waals surface area contributed by atoms with Crippen molar-refractivity contribution in [2.24, 2.45) is 11.1 Å². The summed E-state index contributed by atoms with van der Waals surface area (Å²) in [6.45, 7) is 8.35. The highest BCUT2D eigenvalue weighted by Gasteiger charge is 2.32. The molecule has 72 valence electrons. The molecule has 0 aromatic carbocycles. The SMILES string of the molecule is C=CC(=O)C(C)(C)C(=CC)C(N)=O. The smallest absolute Gasteiger partial charge is 0.245 e. The van der Waals surface area contributed by atoms with Gasteiger partial charge >= 0.3 is 0 Å². The van der Waals surface area contributed by atoms with E-state index in [0.29, 0.717) is 5.57 Å². The van der Waals surface area contributed by atoms with Crippen molar-refractivity contribution in [2.75, 3.05) is 0 Å². The molecule has 0 radical (unpaired) electrons. The highest BCUT2D eigenvalue weighted by atomic mass is 16.1. The second kappa shape index (κ2) is 4.03. The lowest BCUT2D eigenvalue weighted by Crippen LogP contribution is -2.32. The van der Waals surface area contributed by atoms with Crippen molar-refractivity contribution in [3.63, 3.8) is 0 Å². The molecule has 0 aliphatic heterocycles. The fourth-order valence-electron chi connectivity index (χ4n) is 1.20. The Balaban J connectivity index is 5.12. The average molecular weight is 181 g/mol. The molecular formula is C10H15NO2. The molecule has 0 aromatic heterocycles. The monoisotopic (exact) mass is 181 g/mol. The maximum Gasteiger partial charge on any atom is 0.245 e. The first-order valence-electron chi connectivity index (χ1n) is 4.01. The van der Waals surface area contributed by atoms with Crippen molar-refractivity contribution >= 4 is 11.7 Å². The molecule has 0 fully saturated rings. The van der Waals surface area contributed by atoms with E-state index in [9.17, 15) is 9.59 Å². The van der Waals surface area contributed by atoms with E-state index < -0.39 is 11.3 Å². The molecule has 0 heterocycles. The van der Waals surface area contributed by atoms with Crippen LogP contribution in [0, 0.1) is 5.41 Å². The number of primary amides is 1. The van der Waals surface area contributed by atoms with Crippen LogP contribution >= 0.6 is 0 Å². The van der Waals surface area contributed by atoms with Gasteiger partial charge < -0.3 is 5.73 Å². The second-order valence-corrected chi connectivity index (χ2v) is 3.26. The number of hydrogen-bond acceptors (Lipinski definition) is 2. The zero-order chi connectivity index (χ0) is 10.6. The Morgan fingerprint density at radius 2 is 1.85 bits per heavy atom. The van der Waals surface area contributed by atoms with E-state index >= 15 is 0 Å². The summed E-state index contributed by atoms with van der Waals surface area (Å²) in [4.78, 5) is 22.3. The fraction of sp³-hybridized carbons (Fsp3) is 0.400. The Bertz CT molecular complexity index is 275. The maximum absolute atomic E-state index is 11.4. The third-order valence-corrected chi connectivity index (χ3v) is 2.03. The van der Waals surface area contributed by atoms with E-state index in [1.165, 1.54) is 6.08 Å². The molecule has 0 bridgehead atoms. The first-order valence-corrected chi connectivity index (χ1v) is 4.01. The average Bonchev–Trinajstić information content (AvgIpc) is 2.02.